The SMILES string of the molecule is CN1C(=O)C2(N=C1N)c1cc(F)ccc1Oc1ccc(-c3cc(F)cc(Cl)c3)cc12. The van der Waals surface area contributed by atoms with Crippen LogP contribution in [0, 0.1) is 11.6 Å². The van der Waals surface area contributed by atoms with Gasteiger partial charge in [0.2, 0.25) is 5.54 Å². The largest absolute Gasteiger partial charge is 0.457 e. The first kappa shape index (κ1) is 18.6. The van der Waals surface area contributed by atoms with Crippen molar-refractivity contribution in [2.45, 2.75) is 5.54 Å². The molecule has 5 rings (SSSR count). The van der Waals surface area contributed by atoms with Crippen LogP contribution in [0.5, 0.6) is 11.5 Å². The predicted octanol–water partition coefficient (Wildman–Crippen LogP) is 4.42. The average molecular weight is 426 g/mol. The van der Waals surface area contributed by atoms with E-state index in [1.165, 1.54) is 42.3 Å². The number of hydrogen-bond donors (Lipinski definition) is 1. The van der Waals surface area contributed by atoms with Crippen molar-refractivity contribution in [2.24, 2.45) is 10.7 Å². The molecular formula is C22H14ClF2N3O2. The van der Waals surface area contributed by atoms with Crippen LogP contribution in [0.15, 0.2) is 59.6 Å². The van der Waals surface area contributed by atoms with Crippen molar-refractivity contribution >= 4 is 23.5 Å². The van der Waals surface area contributed by atoms with Gasteiger partial charge in [-0.2, -0.15) is 0 Å². The van der Waals surface area contributed by atoms with Crippen LogP contribution in [-0.4, -0.2) is 23.8 Å². The lowest BCUT2D eigenvalue weighted by Gasteiger charge is -2.33. The van der Waals surface area contributed by atoms with E-state index in [1.807, 2.05) is 0 Å². The Kier molecular flexibility index (Phi) is 3.88. The molecule has 3 aromatic rings. The summed E-state index contributed by atoms with van der Waals surface area (Å²) in [6.07, 6.45) is 0. The Balaban J connectivity index is 1.80. The first-order valence-electron chi connectivity index (χ1n) is 9.02. The highest BCUT2D eigenvalue weighted by Gasteiger charge is 2.54. The van der Waals surface area contributed by atoms with E-state index in [4.69, 9.17) is 22.1 Å². The summed E-state index contributed by atoms with van der Waals surface area (Å²) < 4.78 is 34.0. The van der Waals surface area contributed by atoms with Crippen molar-refractivity contribution < 1.29 is 18.3 Å². The number of guanidine groups is 1. The Morgan fingerprint density at radius 2 is 1.67 bits per heavy atom. The number of halogens is 3. The maximum Gasteiger partial charge on any atom is 0.266 e. The number of ether oxygens (including phenoxy) is 1. The topological polar surface area (TPSA) is 67.9 Å². The fraction of sp³-hybridized carbons (Fsp3) is 0.0909. The van der Waals surface area contributed by atoms with Gasteiger partial charge in [-0.05, 0) is 59.7 Å². The van der Waals surface area contributed by atoms with E-state index in [0.717, 1.165) is 0 Å². The van der Waals surface area contributed by atoms with E-state index >= 15 is 0 Å². The Bertz CT molecular complexity index is 1260. The van der Waals surface area contributed by atoms with Crippen molar-refractivity contribution in [3.8, 4) is 22.6 Å². The van der Waals surface area contributed by atoms with E-state index in [1.54, 1.807) is 24.3 Å². The van der Waals surface area contributed by atoms with Gasteiger partial charge in [-0.15, -0.1) is 0 Å². The molecule has 1 spiro atoms. The molecular weight excluding hydrogens is 412 g/mol. The summed E-state index contributed by atoms with van der Waals surface area (Å²) in [5.74, 6) is -0.781. The Labute approximate surface area is 175 Å². The van der Waals surface area contributed by atoms with Crippen molar-refractivity contribution in [3.63, 3.8) is 0 Å². The summed E-state index contributed by atoms with van der Waals surface area (Å²) in [6, 6.07) is 13.1. The molecule has 0 radical (unpaired) electrons. The molecule has 0 bridgehead atoms. The second-order valence-electron chi connectivity index (χ2n) is 7.16. The quantitative estimate of drug-likeness (QED) is 0.627. The first-order chi connectivity index (χ1) is 14.3. The number of rotatable bonds is 1. The lowest BCUT2D eigenvalue weighted by atomic mass is 9.79. The van der Waals surface area contributed by atoms with Crippen LogP contribution in [0.3, 0.4) is 0 Å². The van der Waals surface area contributed by atoms with E-state index in [9.17, 15) is 13.6 Å². The molecule has 0 fully saturated rings. The van der Waals surface area contributed by atoms with Crippen molar-refractivity contribution in [1.29, 1.82) is 0 Å². The minimum Gasteiger partial charge on any atom is -0.457 e. The maximum atomic E-state index is 14.1. The molecule has 1 atom stereocenters. The van der Waals surface area contributed by atoms with E-state index in [2.05, 4.69) is 4.99 Å². The first-order valence-corrected chi connectivity index (χ1v) is 9.40. The number of likely N-dealkylation sites (N-methyl/N-ethyl adjacent to an activating group) is 1. The summed E-state index contributed by atoms with van der Waals surface area (Å²) in [5, 5.41) is 0.236. The third-order valence-electron chi connectivity index (χ3n) is 5.36. The summed E-state index contributed by atoms with van der Waals surface area (Å²) in [6.45, 7) is 0. The molecule has 0 aromatic heterocycles. The molecule has 1 unspecified atom stereocenters. The number of hydrogen-bond acceptors (Lipinski definition) is 4. The van der Waals surface area contributed by atoms with Crippen LogP contribution in [0.1, 0.15) is 11.1 Å². The zero-order valence-corrected chi connectivity index (χ0v) is 16.4. The number of carbonyl (C=O) groups is 1. The highest BCUT2D eigenvalue weighted by Crippen LogP contribution is 2.52. The summed E-state index contributed by atoms with van der Waals surface area (Å²) >= 11 is 6.00. The molecule has 150 valence electrons. The van der Waals surface area contributed by atoms with Crippen molar-refractivity contribution in [1.82, 2.24) is 4.90 Å². The molecule has 2 aliphatic rings. The Morgan fingerprint density at radius 1 is 0.967 bits per heavy atom. The highest BCUT2D eigenvalue weighted by molar-refractivity contribution is 6.30. The molecule has 2 aliphatic heterocycles. The van der Waals surface area contributed by atoms with Crippen molar-refractivity contribution in [2.75, 3.05) is 7.05 Å². The number of nitrogens with two attached hydrogens (primary N) is 1. The number of aliphatic imine (C=N–C) groups is 1. The molecule has 30 heavy (non-hydrogen) atoms. The van der Waals surface area contributed by atoms with Crippen LogP contribution in [0.2, 0.25) is 5.02 Å². The third kappa shape index (κ3) is 2.52. The number of benzene rings is 3. The van der Waals surface area contributed by atoms with E-state index in [-0.39, 0.29) is 16.5 Å². The molecule has 1 amide bonds. The van der Waals surface area contributed by atoms with E-state index in [0.29, 0.717) is 28.2 Å². The zero-order valence-electron chi connectivity index (χ0n) is 15.6. The molecule has 2 heterocycles. The molecule has 5 nitrogen and oxygen atoms in total. The number of nitrogens with zero attached hydrogens (tertiary/aromatic N) is 2. The fourth-order valence-electron chi connectivity index (χ4n) is 3.93. The standard InChI is InChI=1S/C22H14ClF2N3O2/c1-28-20(29)22(27-21(28)26)16-8-11(12-6-13(23)9-15(25)7-12)2-4-18(16)30-19-5-3-14(24)10-17(19)22/h2-10H,1H3,(H2,26,27). The summed E-state index contributed by atoms with van der Waals surface area (Å²) in [4.78, 5) is 19.0. The van der Waals surface area contributed by atoms with Gasteiger partial charge in [0.05, 0.1) is 0 Å². The van der Waals surface area contributed by atoms with Gasteiger partial charge in [-0.25, -0.2) is 13.8 Å². The van der Waals surface area contributed by atoms with Crippen LogP contribution in [0.25, 0.3) is 11.1 Å². The van der Waals surface area contributed by atoms with Gasteiger partial charge in [-0.3, -0.25) is 9.69 Å². The number of carbonyl (C=O) groups excluding carboxylic acids is 1. The zero-order chi connectivity index (χ0) is 21.2. The molecule has 2 N–H and O–H groups in total. The molecule has 3 aromatic carbocycles. The summed E-state index contributed by atoms with van der Waals surface area (Å²) in [5.41, 5.74) is 6.11. The maximum absolute atomic E-state index is 14.1. The van der Waals surface area contributed by atoms with Gasteiger partial charge < -0.3 is 10.5 Å². The highest BCUT2D eigenvalue weighted by atomic mass is 35.5. The van der Waals surface area contributed by atoms with Gasteiger partial charge in [0.15, 0.2) is 5.96 Å². The van der Waals surface area contributed by atoms with Crippen LogP contribution < -0.4 is 10.5 Å². The van der Waals surface area contributed by atoms with Gasteiger partial charge in [-0.1, -0.05) is 17.7 Å². The van der Waals surface area contributed by atoms with Crippen LogP contribution in [-0.2, 0) is 10.3 Å². The van der Waals surface area contributed by atoms with Gasteiger partial charge >= 0.3 is 0 Å². The lowest BCUT2D eigenvalue weighted by molar-refractivity contribution is -0.129. The molecule has 0 saturated carbocycles. The summed E-state index contributed by atoms with van der Waals surface area (Å²) in [7, 11) is 1.50. The monoisotopic (exact) mass is 425 g/mol. The smallest absolute Gasteiger partial charge is 0.266 e. The molecule has 0 aliphatic carbocycles. The molecule has 0 saturated heterocycles. The lowest BCUT2D eigenvalue weighted by Crippen LogP contribution is -2.42. The van der Waals surface area contributed by atoms with Gasteiger partial charge in [0.1, 0.15) is 23.1 Å². The minimum absolute atomic E-state index is 0.00210. The average Bonchev–Trinajstić information content (AvgIpc) is 2.93. The third-order valence-corrected chi connectivity index (χ3v) is 5.57. The minimum atomic E-state index is -1.60. The van der Waals surface area contributed by atoms with Gasteiger partial charge in [0, 0.05) is 23.2 Å². The van der Waals surface area contributed by atoms with Crippen LogP contribution >= 0.6 is 11.6 Å². The van der Waals surface area contributed by atoms with Gasteiger partial charge in [0.25, 0.3) is 5.91 Å². The fourth-order valence-corrected chi connectivity index (χ4v) is 4.15. The Hall–Kier alpha value is -3.45. The second kappa shape index (κ2) is 6.27. The number of fused-ring (bicyclic) bond motifs is 4. The number of amides is 1. The molecule has 8 heteroatoms. The predicted molar refractivity (Wildman–Crippen MR) is 108 cm³/mol. The Morgan fingerprint density at radius 3 is 2.33 bits per heavy atom. The van der Waals surface area contributed by atoms with Crippen LogP contribution in [0.4, 0.5) is 8.78 Å². The second-order valence-corrected chi connectivity index (χ2v) is 7.59. The van der Waals surface area contributed by atoms with E-state index < -0.39 is 23.1 Å². The van der Waals surface area contributed by atoms with Crippen molar-refractivity contribution in [3.05, 3.63) is 82.4 Å². The normalized spacial score (nSPS) is 19.4.